The number of nitrogens with one attached hydrogen (secondary N) is 3. The fourth-order valence-electron chi connectivity index (χ4n) is 5.29. The molecule has 0 bridgehead atoms. The van der Waals surface area contributed by atoms with Crippen molar-refractivity contribution in [3.8, 4) is 17.3 Å². The lowest BCUT2D eigenvalue weighted by atomic mass is 9.93. The van der Waals surface area contributed by atoms with Crippen LogP contribution in [0.15, 0.2) is 71.7 Å². The fourth-order valence-corrected chi connectivity index (χ4v) is 5.29. The van der Waals surface area contributed by atoms with Crippen molar-refractivity contribution in [1.82, 2.24) is 4.98 Å². The average molecular weight is 562 g/mol. The number of hydrogen-bond donors (Lipinski definition) is 3. The molecule has 0 spiro atoms. The second kappa shape index (κ2) is 13.7. The second-order valence-electron chi connectivity index (χ2n) is 10.6. The first-order valence-corrected chi connectivity index (χ1v) is 14.4. The minimum Gasteiger partial charge on any atom is -0.381 e. The van der Waals surface area contributed by atoms with Crippen LogP contribution in [-0.2, 0) is 20.7 Å². The summed E-state index contributed by atoms with van der Waals surface area (Å²) in [6.07, 6.45) is 10.7. The molecule has 2 aromatic carbocycles. The molecule has 1 unspecified atom stereocenters. The van der Waals surface area contributed by atoms with Gasteiger partial charge in [-0.1, -0.05) is 43.3 Å². The summed E-state index contributed by atoms with van der Waals surface area (Å²) in [6, 6.07) is 18.7. The molecule has 214 valence electrons. The highest BCUT2D eigenvalue weighted by Crippen LogP contribution is 2.26. The van der Waals surface area contributed by atoms with E-state index in [1.807, 2.05) is 24.3 Å². The average Bonchev–Trinajstić information content (AvgIpc) is 3.37. The van der Waals surface area contributed by atoms with E-state index in [-0.39, 0.29) is 17.9 Å². The third-order valence-corrected chi connectivity index (χ3v) is 7.55. The normalized spacial score (nSPS) is 18.9. The van der Waals surface area contributed by atoms with Crippen LogP contribution < -0.4 is 21.2 Å². The Morgan fingerprint density at radius 2 is 1.76 bits per heavy atom. The predicted molar refractivity (Wildman–Crippen MR) is 166 cm³/mol. The monoisotopic (exact) mass is 561 g/mol. The summed E-state index contributed by atoms with van der Waals surface area (Å²) in [4.78, 5) is 33.1. The van der Waals surface area contributed by atoms with E-state index in [2.05, 4.69) is 40.6 Å². The molecule has 5 rings (SSSR count). The van der Waals surface area contributed by atoms with Crippen LogP contribution >= 0.6 is 0 Å². The molecule has 2 amide bonds. The van der Waals surface area contributed by atoms with Crippen LogP contribution in [0, 0.1) is 17.2 Å². The van der Waals surface area contributed by atoms with Gasteiger partial charge in [-0.2, -0.15) is 5.26 Å². The molecule has 0 radical (unpaired) electrons. The van der Waals surface area contributed by atoms with E-state index in [0.29, 0.717) is 17.3 Å². The zero-order chi connectivity index (χ0) is 29.3. The minimum atomic E-state index is -0.549. The number of fused-ring (bicyclic) bond motifs is 1. The molecule has 2 aliphatic heterocycles. The van der Waals surface area contributed by atoms with Crippen molar-refractivity contribution in [3.05, 3.63) is 82.9 Å². The van der Waals surface area contributed by atoms with Crippen LogP contribution in [-0.4, -0.2) is 36.2 Å². The van der Waals surface area contributed by atoms with Crippen LogP contribution in [0.3, 0.4) is 0 Å². The molecule has 8 nitrogen and oxygen atoms in total. The number of carbonyl (C=O) groups is 2. The number of hydrogen-bond acceptors (Lipinski definition) is 5. The Kier molecular flexibility index (Phi) is 9.42. The first-order chi connectivity index (χ1) is 20.5. The van der Waals surface area contributed by atoms with Gasteiger partial charge in [-0.15, -0.1) is 0 Å². The van der Waals surface area contributed by atoms with Gasteiger partial charge in [-0.3, -0.25) is 14.6 Å². The summed E-state index contributed by atoms with van der Waals surface area (Å²) >= 11 is 0. The highest BCUT2D eigenvalue weighted by atomic mass is 16.5. The maximum absolute atomic E-state index is 12.7. The molecular weight excluding hydrogens is 526 g/mol. The number of anilines is 2. The lowest BCUT2D eigenvalue weighted by Crippen LogP contribution is -2.28. The number of nitriles is 1. The molecule has 1 saturated heterocycles. The van der Waals surface area contributed by atoms with Crippen molar-refractivity contribution >= 4 is 41.2 Å². The van der Waals surface area contributed by atoms with E-state index in [1.54, 1.807) is 30.3 Å². The standard InChI is InChI=1S/C34H35N5O3/c1-23(22-35)34(41)38-28-12-8-24(9-13-28)20-32(40)37-27-14-10-25(11-15-27)31-21-29-30(39-31)7-2-4-17-36-33(29)26-6-3-5-18-42-19-16-26/h7-15,17,21,26,39H,1-6,16,18-20H2,(H,37,40)(H,38,41)/b30-7+,33-29-,36-17?. The van der Waals surface area contributed by atoms with Gasteiger partial charge in [-0.05, 0) is 73.6 Å². The Hall–Kier alpha value is -4.74. The summed E-state index contributed by atoms with van der Waals surface area (Å²) in [5.41, 5.74) is 5.09. The van der Waals surface area contributed by atoms with Crippen LogP contribution in [0.1, 0.15) is 44.1 Å². The highest BCUT2D eigenvalue weighted by Gasteiger charge is 2.18. The second-order valence-corrected chi connectivity index (χ2v) is 10.6. The molecule has 0 aliphatic carbocycles. The number of rotatable bonds is 7. The summed E-state index contributed by atoms with van der Waals surface area (Å²) < 4.78 is 5.78. The molecule has 3 heterocycles. The van der Waals surface area contributed by atoms with Crippen molar-refractivity contribution in [2.24, 2.45) is 10.9 Å². The van der Waals surface area contributed by atoms with Gasteiger partial charge in [-0.25, -0.2) is 0 Å². The first kappa shape index (κ1) is 28.8. The number of H-pyrrole nitrogens is 1. The Morgan fingerprint density at radius 3 is 2.55 bits per heavy atom. The number of benzene rings is 2. The number of aliphatic imine (C=N–C) groups is 1. The summed E-state index contributed by atoms with van der Waals surface area (Å²) in [5, 5.41) is 16.6. The van der Waals surface area contributed by atoms with Crippen molar-refractivity contribution in [2.75, 3.05) is 23.8 Å². The van der Waals surface area contributed by atoms with E-state index in [0.717, 1.165) is 79.6 Å². The van der Waals surface area contributed by atoms with Crippen LogP contribution in [0.4, 0.5) is 11.4 Å². The summed E-state index contributed by atoms with van der Waals surface area (Å²) in [5.74, 6) is -0.311. The SMILES string of the molecule is C=C(C#N)C(=O)Nc1ccc(CC(=O)Nc2ccc(-c3cc4/c([nH]3)=C\CCC=N\C=4C3CCCCOCC3)cc2)cc1. The lowest BCUT2D eigenvalue weighted by Gasteiger charge is -2.20. The van der Waals surface area contributed by atoms with Gasteiger partial charge in [0.1, 0.15) is 11.6 Å². The number of aromatic amines is 1. The topological polar surface area (TPSA) is 119 Å². The molecule has 0 saturated carbocycles. The zero-order valence-corrected chi connectivity index (χ0v) is 23.6. The smallest absolute Gasteiger partial charge is 0.265 e. The van der Waals surface area contributed by atoms with Crippen molar-refractivity contribution in [3.63, 3.8) is 0 Å². The maximum atomic E-state index is 12.7. The van der Waals surface area contributed by atoms with Crippen molar-refractivity contribution < 1.29 is 14.3 Å². The highest BCUT2D eigenvalue weighted by molar-refractivity contribution is 6.06. The molecule has 3 aromatic rings. The Balaban J connectivity index is 1.27. The molecule has 8 heteroatoms. The van der Waals surface area contributed by atoms with Gasteiger partial charge in [0, 0.05) is 53.0 Å². The van der Waals surface area contributed by atoms with Crippen molar-refractivity contribution in [1.29, 1.82) is 5.26 Å². The molecule has 1 aromatic heterocycles. The van der Waals surface area contributed by atoms with Gasteiger partial charge in [0.05, 0.1) is 12.1 Å². The number of aromatic nitrogens is 1. The van der Waals surface area contributed by atoms with Crippen molar-refractivity contribution in [2.45, 2.75) is 44.9 Å². The number of ether oxygens (including phenoxy) is 1. The predicted octanol–water partition coefficient (Wildman–Crippen LogP) is 4.84. The van der Waals surface area contributed by atoms with Crippen LogP contribution in [0.5, 0.6) is 0 Å². The fraction of sp³-hybridized carbons (Fsp3) is 0.294. The maximum Gasteiger partial charge on any atom is 0.265 e. The Labute approximate surface area is 245 Å². The third kappa shape index (κ3) is 7.31. The molecule has 3 N–H and O–H groups in total. The lowest BCUT2D eigenvalue weighted by molar-refractivity contribution is -0.115. The quantitative estimate of drug-likeness (QED) is 0.282. The molecule has 42 heavy (non-hydrogen) atoms. The summed E-state index contributed by atoms with van der Waals surface area (Å²) in [6.45, 7) is 5.02. The van der Waals surface area contributed by atoms with E-state index in [4.69, 9.17) is 15.0 Å². The Morgan fingerprint density at radius 1 is 1.00 bits per heavy atom. The van der Waals surface area contributed by atoms with Crippen LogP contribution in [0.2, 0.25) is 0 Å². The van der Waals surface area contributed by atoms with Gasteiger partial charge in [0.15, 0.2) is 0 Å². The van der Waals surface area contributed by atoms with Gasteiger partial charge in [0.25, 0.3) is 5.91 Å². The number of nitrogens with zero attached hydrogens (tertiary/aromatic N) is 2. The Bertz CT molecular complexity index is 1630. The van der Waals surface area contributed by atoms with E-state index in [1.165, 1.54) is 5.22 Å². The molecule has 1 fully saturated rings. The van der Waals surface area contributed by atoms with Gasteiger partial charge in [0.2, 0.25) is 5.91 Å². The third-order valence-electron chi connectivity index (χ3n) is 7.55. The van der Waals surface area contributed by atoms with E-state index >= 15 is 0 Å². The number of amides is 2. The molecule has 1 atom stereocenters. The van der Waals surface area contributed by atoms with E-state index < -0.39 is 5.91 Å². The number of carbonyl (C=O) groups excluding carboxylic acids is 2. The summed E-state index contributed by atoms with van der Waals surface area (Å²) in [7, 11) is 0. The van der Waals surface area contributed by atoms with Gasteiger partial charge >= 0.3 is 0 Å². The first-order valence-electron chi connectivity index (χ1n) is 14.4. The minimum absolute atomic E-state index is 0.143. The van der Waals surface area contributed by atoms with E-state index in [9.17, 15) is 9.59 Å². The van der Waals surface area contributed by atoms with Crippen LogP contribution in [0.25, 0.3) is 23.0 Å². The largest absolute Gasteiger partial charge is 0.381 e. The molecular formula is C34H35N5O3. The van der Waals surface area contributed by atoms with Gasteiger partial charge < -0.3 is 20.4 Å². The zero-order valence-electron chi connectivity index (χ0n) is 23.6. The molecule has 2 aliphatic rings.